The highest BCUT2D eigenvalue weighted by atomic mass is 35.5. The van der Waals surface area contributed by atoms with Crippen molar-refractivity contribution in [3.05, 3.63) is 63.6 Å². The van der Waals surface area contributed by atoms with E-state index in [1.807, 2.05) is 18.2 Å². The number of methoxy groups -OCH3 is 1. The summed E-state index contributed by atoms with van der Waals surface area (Å²) in [5.74, 6) is 0.227. The van der Waals surface area contributed by atoms with E-state index in [1.165, 1.54) is 12.3 Å². The molecule has 0 spiro atoms. The fourth-order valence-electron chi connectivity index (χ4n) is 1.67. The molecule has 2 aromatic carbocycles. The number of carbonyl (C=O) groups excluding carboxylic acids is 1. The highest BCUT2D eigenvalue weighted by molar-refractivity contribution is 6.35. The molecule has 0 aliphatic carbocycles. The summed E-state index contributed by atoms with van der Waals surface area (Å²) >= 11 is 11.8. The number of hydrogen-bond donors (Lipinski definition) is 1. The van der Waals surface area contributed by atoms with Gasteiger partial charge >= 0.3 is 0 Å². The summed E-state index contributed by atoms with van der Waals surface area (Å²) in [5, 5.41) is 4.63. The molecule has 0 aliphatic rings. The Bertz CT molecular complexity index is 687. The van der Waals surface area contributed by atoms with Gasteiger partial charge in [-0.15, -0.1) is 0 Å². The second-order valence-corrected chi connectivity index (χ2v) is 4.91. The molecule has 4 nitrogen and oxygen atoms in total. The van der Waals surface area contributed by atoms with Crippen LogP contribution in [0.1, 0.15) is 15.9 Å². The molecule has 0 saturated heterocycles. The average Bonchev–Trinajstić information content (AvgIpc) is 2.50. The molecule has 108 valence electrons. The second kappa shape index (κ2) is 7.11. The van der Waals surface area contributed by atoms with Gasteiger partial charge in [0.15, 0.2) is 0 Å². The zero-order valence-electron chi connectivity index (χ0n) is 11.1. The molecule has 0 saturated carbocycles. The predicted molar refractivity (Wildman–Crippen MR) is 84.5 cm³/mol. The van der Waals surface area contributed by atoms with Crippen molar-refractivity contribution in [2.45, 2.75) is 0 Å². The maximum Gasteiger partial charge on any atom is 0.272 e. The number of ether oxygens (including phenoxy) is 1. The average molecular weight is 323 g/mol. The summed E-state index contributed by atoms with van der Waals surface area (Å²) < 4.78 is 5.18. The lowest BCUT2D eigenvalue weighted by molar-refractivity contribution is 0.0955. The van der Waals surface area contributed by atoms with Crippen molar-refractivity contribution >= 4 is 35.3 Å². The lowest BCUT2D eigenvalue weighted by atomic mass is 10.2. The Labute approximate surface area is 132 Å². The van der Waals surface area contributed by atoms with Crippen LogP contribution in [0.25, 0.3) is 0 Å². The molecule has 6 heteroatoms. The smallest absolute Gasteiger partial charge is 0.272 e. The largest absolute Gasteiger partial charge is 0.496 e. The number of amides is 1. The quantitative estimate of drug-likeness (QED) is 0.688. The molecule has 0 heterocycles. The Morgan fingerprint density at radius 1 is 1.24 bits per heavy atom. The van der Waals surface area contributed by atoms with Crippen molar-refractivity contribution in [3.63, 3.8) is 0 Å². The van der Waals surface area contributed by atoms with Crippen LogP contribution in [0.3, 0.4) is 0 Å². The summed E-state index contributed by atoms with van der Waals surface area (Å²) in [5.41, 5.74) is 3.41. The van der Waals surface area contributed by atoms with Gasteiger partial charge in [0.1, 0.15) is 5.75 Å². The number of nitrogens with zero attached hydrogens (tertiary/aromatic N) is 1. The molecule has 0 radical (unpaired) electrons. The number of rotatable bonds is 4. The van der Waals surface area contributed by atoms with Gasteiger partial charge in [-0.2, -0.15) is 5.10 Å². The molecule has 1 N–H and O–H groups in total. The molecule has 21 heavy (non-hydrogen) atoms. The Balaban J connectivity index is 2.10. The van der Waals surface area contributed by atoms with E-state index in [0.29, 0.717) is 15.8 Å². The van der Waals surface area contributed by atoms with Crippen molar-refractivity contribution in [1.29, 1.82) is 0 Å². The molecular weight excluding hydrogens is 311 g/mol. The summed E-state index contributed by atoms with van der Waals surface area (Å²) in [6.45, 7) is 0. The fraction of sp³-hybridized carbons (Fsp3) is 0.0667. The molecule has 0 bridgehead atoms. The highest BCUT2D eigenvalue weighted by Crippen LogP contribution is 2.20. The van der Waals surface area contributed by atoms with Crippen molar-refractivity contribution in [1.82, 2.24) is 5.43 Å². The van der Waals surface area contributed by atoms with E-state index in [1.54, 1.807) is 25.3 Å². The molecule has 0 unspecified atom stereocenters. The SMILES string of the molecule is COc1ccccc1/C=N\NC(=O)c1cc(Cl)ccc1Cl. The zero-order chi connectivity index (χ0) is 15.2. The Kier molecular flexibility index (Phi) is 5.20. The van der Waals surface area contributed by atoms with E-state index in [0.717, 1.165) is 5.56 Å². The van der Waals surface area contributed by atoms with Crippen LogP contribution in [0.5, 0.6) is 5.75 Å². The van der Waals surface area contributed by atoms with Crippen LogP contribution in [-0.4, -0.2) is 19.2 Å². The number of para-hydroxylation sites is 1. The van der Waals surface area contributed by atoms with E-state index in [2.05, 4.69) is 10.5 Å². The molecule has 0 fully saturated rings. The first-order valence-corrected chi connectivity index (χ1v) is 6.79. The molecule has 0 aromatic heterocycles. The van der Waals surface area contributed by atoms with Gasteiger partial charge in [0.05, 0.1) is 23.9 Å². The van der Waals surface area contributed by atoms with Crippen molar-refractivity contribution in [2.75, 3.05) is 7.11 Å². The maximum atomic E-state index is 12.0. The van der Waals surface area contributed by atoms with Crippen molar-refractivity contribution in [3.8, 4) is 5.75 Å². The molecule has 2 aromatic rings. The van der Waals surface area contributed by atoms with Crippen LogP contribution in [-0.2, 0) is 0 Å². The lowest BCUT2D eigenvalue weighted by Gasteiger charge is -2.04. The minimum atomic E-state index is -0.436. The Morgan fingerprint density at radius 3 is 2.76 bits per heavy atom. The topological polar surface area (TPSA) is 50.7 Å². The standard InChI is InChI=1S/C15H12Cl2N2O2/c1-21-14-5-3-2-4-10(14)9-18-19-15(20)12-8-11(16)6-7-13(12)17/h2-9H,1H3,(H,19,20)/b18-9-. The molecule has 0 aliphatic heterocycles. The monoisotopic (exact) mass is 322 g/mol. The number of nitrogens with one attached hydrogen (secondary N) is 1. The first-order chi connectivity index (χ1) is 10.1. The third-order valence-corrected chi connectivity index (χ3v) is 3.25. The van der Waals surface area contributed by atoms with Crippen molar-refractivity contribution < 1.29 is 9.53 Å². The maximum absolute atomic E-state index is 12.0. The third kappa shape index (κ3) is 3.97. The van der Waals surface area contributed by atoms with Crippen LogP contribution < -0.4 is 10.2 Å². The van der Waals surface area contributed by atoms with Gasteiger partial charge in [0.25, 0.3) is 5.91 Å². The van der Waals surface area contributed by atoms with Gasteiger partial charge in [0.2, 0.25) is 0 Å². The minimum absolute atomic E-state index is 0.265. The van der Waals surface area contributed by atoms with Gasteiger partial charge in [-0.1, -0.05) is 35.3 Å². The van der Waals surface area contributed by atoms with Gasteiger partial charge < -0.3 is 4.74 Å². The summed E-state index contributed by atoms with van der Waals surface area (Å²) in [6.07, 6.45) is 1.50. The van der Waals surface area contributed by atoms with Crippen LogP contribution in [0.15, 0.2) is 47.6 Å². The first kappa shape index (κ1) is 15.4. The summed E-state index contributed by atoms with van der Waals surface area (Å²) in [7, 11) is 1.57. The predicted octanol–water partition coefficient (Wildman–Crippen LogP) is 3.77. The normalized spacial score (nSPS) is 10.6. The van der Waals surface area contributed by atoms with Crippen LogP contribution in [0.4, 0.5) is 0 Å². The van der Waals surface area contributed by atoms with Crippen LogP contribution in [0.2, 0.25) is 10.0 Å². The van der Waals surface area contributed by atoms with Gasteiger partial charge in [-0.3, -0.25) is 4.79 Å². The summed E-state index contributed by atoms with van der Waals surface area (Å²) in [4.78, 5) is 12.0. The van der Waals surface area contributed by atoms with E-state index >= 15 is 0 Å². The van der Waals surface area contributed by atoms with E-state index in [4.69, 9.17) is 27.9 Å². The molecule has 0 atom stereocenters. The Hall–Kier alpha value is -2.04. The number of halogens is 2. The molecule has 1 amide bonds. The van der Waals surface area contributed by atoms with E-state index < -0.39 is 5.91 Å². The zero-order valence-corrected chi connectivity index (χ0v) is 12.7. The number of hydrazone groups is 1. The summed E-state index contributed by atoms with van der Waals surface area (Å²) in [6, 6.07) is 12.0. The van der Waals surface area contributed by atoms with Gasteiger partial charge in [-0.05, 0) is 30.3 Å². The van der Waals surface area contributed by atoms with Gasteiger partial charge in [0, 0.05) is 10.6 Å². The highest BCUT2D eigenvalue weighted by Gasteiger charge is 2.10. The molecular formula is C15H12Cl2N2O2. The van der Waals surface area contributed by atoms with Crippen molar-refractivity contribution in [2.24, 2.45) is 5.10 Å². The van der Waals surface area contributed by atoms with Crippen LogP contribution in [0, 0.1) is 0 Å². The number of carbonyl (C=O) groups is 1. The fourth-order valence-corrected chi connectivity index (χ4v) is 2.04. The Morgan fingerprint density at radius 2 is 2.00 bits per heavy atom. The van der Waals surface area contributed by atoms with E-state index in [-0.39, 0.29) is 5.56 Å². The minimum Gasteiger partial charge on any atom is -0.496 e. The third-order valence-electron chi connectivity index (χ3n) is 2.68. The van der Waals surface area contributed by atoms with Crippen LogP contribution >= 0.6 is 23.2 Å². The van der Waals surface area contributed by atoms with Gasteiger partial charge in [-0.25, -0.2) is 5.43 Å². The molecule has 2 rings (SSSR count). The first-order valence-electron chi connectivity index (χ1n) is 6.03. The second-order valence-electron chi connectivity index (χ2n) is 4.07. The number of benzene rings is 2. The van der Waals surface area contributed by atoms with E-state index in [9.17, 15) is 4.79 Å². The lowest BCUT2D eigenvalue weighted by Crippen LogP contribution is -2.18. The number of hydrogen-bond acceptors (Lipinski definition) is 3.